The van der Waals surface area contributed by atoms with Gasteiger partial charge in [-0.1, -0.05) is 0 Å². The first-order valence-corrected chi connectivity index (χ1v) is 5.07. The molecule has 6 nitrogen and oxygen atoms in total. The summed E-state index contributed by atoms with van der Waals surface area (Å²) in [6, 6.07) is 4.16. The largest absolute Gasteiger partial charge is 0.478 e. The van der Waals surface area contributed by atoms with E-state index in [1.165, 1.54) is 29.2 Å². The highest BCUT2D eigenvalue weighted by Gasteiger charge is 2.10. The Balaban J connectivity index is 2.10. The minimum atomic E-state index is -1.07. The molecule has 0 saturated carbocycles. The van der Waals surface area contributed by atoms with Crippen LogP contribution in [0, 0.1) is 5.82 Å². The summed E-state index contributed by atoms with van der Waals surface area (Å²) < 4.78 is 14.3. The Bertz CT molecular complexity index is 746. The molecule has 1 aromatic carbocycles. The summed E-state index contributed by atoms with van der Waals surface area (Å²) in [7, 11) is 0. The molecule has 18 heavy (non-hydrogen) atoms. The third-order valence-electron chi connectivity index (χ3n) is 2.48. The van der Waals surface area contributed by atoms with Gasteiger partial charge in [-0.2, -0.15) is 5.10 Å². The van der Waals surface area contributed by atoms with Gasteiger partial charge in [-0.15, -0.1) is 0 Å². The topological polar surface area (TPSA) is 83.8 Å². The number of H-pyrrole nitrogens is 1. The lowest BCUT2D eigenvalue weighted by Gasteiger charge is -1.92. The molecule has 7 heteroatoms. The number of carboxylic acid groups (broad SMARTS) is 1. The third-order valence-corrected chi connectivity index (χ3v) is 2.48. The summed E-state index contributed by atoms with van der Waals surface area (Å²) in [5, 5.41) is 12.7. The molecule has 0 unspecified atom stereocenters. The van der Waals surface area contributed by atoms with Crippen molar-refractivity contribution in [3.63, 3.8) is 0 Å². The van der Waals surface area contributed by atoms with Gasteiger partial charge in [0.2, 0.25) is 5.95 Å². The fraction of sp³-hybridized carbons (Fsp3) is 0. The van der Waals surface area contributed by atoms with Crippen LogP contribution in [0.25, 0.3) is 17.0 Å². The lowest BCUT2D eigenvalue weighted by Crippen LogP contribution is -1.97. The molecule has 0 amide bonds. The molecular formula is C11H7FN4O2. The van der Waals surface area contributed by atoms with Crippen LogP contribution in [-0.4, -0.2) is 30.8 Å². The molecule has 0 radical (unpaired) electrons. The molecule has 90 valence electrons. The van der Waals surface area contributed by atoms with Crippen molar-refractivity contribution in [2.24, 2.45) is 0 Å². The van der Waals surface area contributed by atoms with Gasteiger partial charge in [0, 0.05) is 12.3 Å². The smallest absolute Gasteiger partial charge is 0.338 e. The molecule has 3 rings (SSSR count). The number of imidazole rings is 1. The number of benzene rings is 1. The van der Waals surface area contributed by atoms with E-state index < -0.39 is 5.97 Å². The Hall–Kier alpha value is -2.70. The zero-order valence-electron chi connectivity index (χ0n) is 8.96. The summed E-state index contributed by atoms with van der Waals surface area (Å²) in [6.07, 6.45) is 2.55. The quantitative estimate of drug-likeness (QED) is 0.719. The van der Waals surface area contributed by atoms with E-state index in [-0.39, 0.29) is 11.4 Å². The van der Waals surface area contributed by atoms with Gasteiger partial charge in [-0.3, -0.25) is 0 Å². The highest BCUT2D eigenvalue weighted by molar-refractivity contribution is 5.87. The Morgan fingerprint density at radius 1 is 1.44 bits per heavy atom. The Kier molecular flexibility index (Phi) is 2.12. The van der Waals surface area contributed by atoms with E-state index >= 15 is 0 Å². The van der Waals surface area contributed by atoms with Crippen molar-refractivity contribution in [1.82, 2.24) is 19.7 Å². The summed E-state index contributed by atoms with van der Waals surface area (Å²) in [5.74, 6) is -1.11. The van der Waals surface area contributed by atoms with Crippen molar-refractivity contribution in [3.8, 4) is 5.95 Å². The monoisotopic (exact) mass is 246 g/mol. The summed E-state index contributed by atoms with van der Waals surface area (Å²) >= 11 is 0. The lowest BCUT2D eigenvalue weighted by molar-refractivity contribution is 0.0697. The molecule has 0 aliphatic rings. The zero-order chi connectivity index (χ0) is 12.7. The Morgan fingerprint density at radius 3 is 3.00 bits per heavy atom. The van der Waals surface area contributed by atoms with Crippen LogP contribution in [0.1, 0.15) is 10.4 Å². The number of rotatable bonds is 2. The first-order valence-electron chi connectivity index (χ1n) is 5.07. The maximum absolute atomic E-state index is 13.0. The lowest BCUT2D eigenvalue weighted by atomic mass is 10.3. The van der Waals surface area contributed by atoms with Gasteiger partial charge in [0.25, 0.3) is 0 Å². The average molecular weight is 246 g/mol. The normalized spacial score (nSPS) is 10.9. The number of aromatic carboxylic acids is 1. The van der Waals surface area contributed by atoms with Gasteiger partial charge >= 0.3 is 5.97 Å². The van der Waals surface area contributed by atoms with Crippen LogP contribution in [0.15, 0.2) is 30.6 Å². The number of hydrogen-bond acceptors (Lipinski definition) is 3. The summed E-state index contributed by atoms with van der Waals surface area (Å²) in [4.78, 5) is 17.8. The molecular weight excluding hydrogens is 239 g/mol. The second-order valence-electron chi connectivity index (χ2n) is 3.70. The number of halogens is 1. The zero-order valence-corrected chi connectivity index (χ0v) is 8.96. The number of carboxylic acids is 1. The number of fused-ring (bicyclic) bond motifs is 1. The average Bonchev–Trinajstić information content (AvgIpc) is 2.93. The second-order valence-corrected chi connectivity index (χ2v) is 3.70. The van der Waals surface area contributed by atoms with Crippen LogP contribution in [0.4, 0.5) is 4.39 Å². The van der Waals surface area contributed by atoms with Crippen molar-refractivity contribution in [1.29, 1.82) is 0 Å². The SMILES string of the molecule is O=C(O)c1cnn(-c2nc3cc(F)ccc3[nH]2)c1. The van der Waals surface area contributed by atoms with Gasteiger partial charge in [0.15, 0.2) is 0 Å². The van der Waals surface area contributed by atoms with Crippen molar-refractivity contribution in [3.05, 3.63) is 42.0 Å². The van der Waals surface area contributed by atoms with Gasteiger partial charge in [0.1, 0.15) is 5.82 Å². The van der Waals surface area contributed by atoms with Crippen molar-refractivity contribution < 1.29 is 14.3 Å². The van der Waals surface area contributed by atoms with E-state index in [1.807, 2.05) is 0 Å². The Labute approximate surface area is 99.7 Å². The standard InChI is InChI=1S/C11H7FN4O2/c12-7-1-2-8-9(3-7)15-11(14-8)16-5-6(4-13-16)10(17)18/h1-5H,(H,14,15)(H,17,18). The number of hydrogen-bond donors (Lipinski definition) is 2. The molecule has 3 aromatic rings. The summed E-state index contributed by atoms with van der Waals surface area (Å²) in [5.41, 5.74) is 1.16. The molecule has 0 fully saturated rings. The first kappa shape index (κ1) is 10.5. The molecule has 0 saturated heterocycles. The van der Waals surface area contributed by atoms with Crippen LogP contribution < -0.4 is 0 Å². The Morgan fingerprint density at radius 2 is 2.28 bits per heavy atom. The van der Waals surface area contributed by atoms with E-state index in [1.54, 1.807) is 6.07 Å². The third kappa shape index (κ3) is 1.61. The van der Waals surface area contributed by atoms with Crippen LogP contribution in [0.5, 0.6) is 0 Å². The van der Waals surface area contributed by atoms with E-state index in [9.17, 15) is 9.18 Å². The molecule has 0 aliphatic heterocycles. The molecule has 0 bridgehead atoms. The van der Waals surface area contributed by atoms with Crippen LogP contribution in [-0.2, 0) is 0 Å². The van der Waals surface area contributed by atoms with Gasteiger partial charge in [-0.05, 0) is 12.1 Å². The van der Waals surface area contributed by atoms with E-state index in [0.29, 0.717) is 17.0 Å². The molecule has 2 N–H and O–H groups in total. The van der Waals surface area contributed by atoms with E-state index in [0.717, 1.165) is 0 Å². The fourth-order valence-corrected chi connectivity index (χ4v) is 1.62. The predicted molar refractivity (Wildman–Crippen MR) is 60.1 cm³/mol. The maximum Gasteiger partial charge on any atom is 0.338 e. The van der Waals surface area contributed by atoms with Crippen molar-refractivity contribution in [2.75, 3.05) is 0 Å². The molecule has 0 aliphatic carbocycles. The van der Waals surface area contributed by atoms with E-state index in [4.69, 9.17) is 5.11 Å². The first-order chi connectivity index (χ1) is 8.63. The van der Waals surface area contributed by atoms with Crippen LogP contribution in [0.3, 0.4) is 0 Å². The molecule has 2 aromatic heterocycles. The fourth-order valence-electron chi connectivity index (χ4n) is 1.62. The minimum Gasteiger partial charge on any atom is -0.478 e. The molecule has 0 spiro atoms. The number of nitrogens with one attached hydrogen (secondary N) is 1. The molecule has 2 heterocycles. The highest BCUT2D eigenvalue weighted by Crippen LogP contribution is 2.15. The van der Waals surface area contributed by atoms with Crippen molar-refractivity contribution >= 4 is 17.0 Å². The summed E-state index contributed by atoms with van der Waals surface area (Å²) in [6.45, 7) is 0. The van der Waals surface area contributed by atoms with Crippen LogP contribution in [0.2, 0.25) is 0 Å². The van der Waals surface area contributed by atoms with Gasteiger partial charge in [0.05, 0.1) is 22.8 Å². The van der Waals surface area contributed by atoms with Gasteiger partial charge < -0.3 is 10.1 Å². The number of nitrogens with zero attached hydrogens (tertiary/aromatic N) is 3. The van der Waals surface area contributed by atoms with Gasteiger partial charge in [-0.25, -0.2) is 18.9 Å². The van der Waals surface area contributed by atoms with Crippen LogP contribution >= 0.6 is 0 Å². The number of aromatic nitrogens is 4. The number of carbonyl (C=O) groups is 1. The second kappa shape index (κ2) is 3.66. The maximum atomic E-state index is 13.0. The number of aromatic amines is 1. The van der Waals surface area contributed by atoms with E-state index in [2.05, 4.69) is 15.1 Å². The minimum absolute atomic E-state index is 0.0571. The molecule has 0 atom stereocenters. The van der Waals surface area contributed by atoms with Crippen molar-refractivity contribution in [2.45, 2.75) is 0 Å². The highest BCUT2D eigenvalue weighted by atomic mass is 19.1. The predicted octanol–water partition coefficient (Wildman–Crippen LogP) is 1.59.